The van der Waals surface area contributed by atoms with Gasteiger partial charge in [0.25, 0.3) is 0 Å². The number of nitrogen functional groups attached to an aromatic ring is 1. The van der Waals surface area contributed by atoms with Crippen LogP contribution in [0, 0.1) is 0 Å². The first-order valence-corrected chi connectivity index (χ1v) is 8.48. The Morgan fingerprint density at radius 2 is 1.90 bits per heavy atom. The lowest BCUT2D eigenvalue weighted by atomic mass is 10.2. The van der Waals surface area contributed by atoms with Crippen LogP contribution in [0.1, 0.15) is 5.56 Å². The SMILES string of the molecule is Nc1ccccc1CS(=O)(=O)Nc1ccc(Br)cc1Cl. The maximum Gasteiger partial charge on any atom is 0.237 e. The molecule has 0 spiro atoms. The maximum absolute atomic E-state index is 12.1. The van der Waals surface area contributed by atoms with Gasteiger partial charge in [-0.25, -0.2) is 8.42 Å². The zero-order valence-electron chi connectivity index (χ0n) is 10.3. The minimum atomic E-state index is -3.58. The molecule has 0 aliphatic rings. The molecule has 0 saturated heterocycles. The number of hydrogen-bond acceptors (Lipinski definition) is 3. The molecule has 20 heavy (non-hydrogen) atoms. The highest BCUT2D eigenvalue weighted by Gasteiger charge is 2.15. The largest absolute Gasteiger partial charge is 0.398 e. The van der Waals surface area contributed by atoms with Crippen molar-refractivity contribution in [3.05, 3.63) is 57.5 Å². The molecule has 4 nitrogen and oxygen atoms in total. The van der Waals surface area contributed by atoms with Gasteiger partial charge in [-0.2, -0.15) is 0 Å². The number of halogens is 2. The van der Waals surface area contributed by atoms with E-state index in [9.17, 15) is 8.42 Å². The maximum atomic E-state index is 12.1. The number of hydrogen-bond donors (Lipinski definition) is 2. The zero-order valence-corrected chi connectivity index (χ0v) is 13.5. The van der Waals surface area contributed by atoms with Gasteiger partial charge < -0.3 is 5.73 Å². The third-order valence-electron chi connectivity index (χ3n) is 2.60. The van der Waals surface area contributed by atoms with Gasteiger partial charge in [0.1, 0.15) is 0 Å². The molecule has 0 heterocycles. The van der Waals surface area contributed by atoms with E-state index in [2.05, 4.69) is 20.7 Å². The highest BCUT2D eigenvalue weighted by molar-refractivity contribution is 9.10. The van der Waals surface area contributed by atoms with Crippen LogP contribution in [0.4, 0.5) is 11.4 Å². The molecule has 106 valence electrons. The van der Waals surface area contributed by atoms with Crippen LogP contribution in [-0.2, 0) is 15.8 Å². The van der Waals surface area contributed by atoms with Gasteiger partial charge in [0.05, 0.1) is 16.5 Å². The Morgan fingerprint density at radius 3 is 2.55 bits per heavy atom. The van der Waals surface area contributed by atoms with E-state index in [1.165, 1.54) is 0 Å². The van der Waals surface area contributed by atoms with Crippen LogP contribution in [0.2, 0.25) is 5.02 Å². The van der Waals surface area contributed by atoms with E-state index in [0.717, 1.165) is 4.47 Å². The second-order valence-corrected chi connectivity index (χ2v) is 7.23. The minimum absolute atomic E-state index is 0.202. The van der Waals surface area contributed by atoms with E-state index in [0.29, 0.717) is 22.0 Å². The third-order valence-corrected chi connectivity index (χ3v) is 4.63. The van der Waals surface area contributed by atoms with Gasteiger partial charge in [-0.3, -0.25) is 4.72 Å². The molecule has 0 bridgehead atoms. The first-order chi connectivity index (χ1) is 9.37. The van der Waals surface area contributed by atoms with E-state index >= 15 is 0 Å². The molecule has 7 heteroatoms. The molecule has 0 amide bonds. The van der Waals surface area contributed by atoms with Crippen molar-refractivity contribution in [2.24, 2.45) is 0 Å². The summed E-state index contributed by atoms with van der Waals surface area (Å²) in [6.07, 6.45) is 0. The summed E-state index contributed by atoms with van der Waals surface area (Å²) in [7, 11) is -3.58. The summed E-state index contributed by atoms with van der Waals surface area (Å²) in [6.45, 7) is 0. The molecule has 0 radical (unpaired) electrons. The highest BCUT2D eigenvalue weighted by atomic mass is 79.9. The van der Waals surface area contributed by atoms with Gasteiger partial charge in [-0.05, 0) is 29.8 Å². The van der Waals surface area contributed by atoms with Crippen molar-refractivity contribution in [3.8, 4) is 0 Å². The van der Waals surface area contributed by atoms with E-state index in [-0.39, 0.29) is 5.75 Å². The van der Waals surface area contributed by atoms with Crippen LogP contribution in [0.25, 0.3) is 0 Å². The van der Waals surface area contributed by atoms with Gasteiger partial charge in [0.2, 0.25) is 10.0 Å². The van der Waals surface area contributed by atoms with Crippen LogP contribution in [-0.4, -0.2) is 8.42 Å². The van der Waals surface area contributed by atoms with Crippen LogP contribution >= 0.6 is 27.5 Å². The summed E-state index contributed by atoms with van der Waals surface area (Å²) in [5.41, 5.74) is 7.08. The molecule has 2 rings (SSSR count). The number of nitrogens with one attached hydrogen (secondary N) is 1. The number of sulfonamides is 1. The van der Waals surface area contributed by atoms with Gasteiger partial charge in [-0.1, -0.05) is 45.7 Å². The second-order valence-electron chi connectivity index (χ2n) is 4.18. The smallest absolute Gasteiger partial charge is 0.237 e. The van der Waals surface area contributed by atoms with Gasteiger partial charge in [0.15, 0.2) is 0 Å². The second kappa shape index (κ2) is 6.03. The fraction of sp³-hybridized carbons (Fsp3) is 0.0769. The Bertz CT molecular complexity index is 735. The molecule has 0 aliphatic carbocycles. The summed E-state index contributed by atoms with van der Waals surface area (Å²) in [6, 6.07) is 11.8. The molecule has 3 N–H and O–H groups in total. The lowest BCUT2D eigenvalue weighted by Crippen LogP contribution is -2.16. The lowest BCUT2D eigenvalue weighted by molar-refractivity contribution is 0.600. The normalized spacial score (nSPS) is 11.3. The van der Waals surface area contributed by atoms with E-state index < -0.39 is 10.0 Å². The molecular weight excluding hydrogens is 364 g/mol. The standard InChI is InChI=1S/C13H12BrClN2O2S/c14-10-5-6-13(11(15)7-10)17-20(18,19)8-9-3-1-2-4-12(9)16/h1-7,17H,8,16H2. The van der Waals surface area contributed by atoms with Crippen LogP contribution in [0.15, 0.2) is 46.9 Å². The van der Waals surface area contributed by atoms with Crippen molar-refractivity contribution in [3.63, 3.8) is 0 Å². The number of nitrogens with two attached hydrogens (primary N) is 1. The summed E-state index contributed by atoms with van der Waals surface area (Å²) >= 11 is 9.25. The van der Waals surface area contributed by atoms with Crippen molar-refractivity contribution in [2.45, 2.75) is 5.75 Å². The highest BCUT2D eigenvalue weighted by Crippen LogP contribution is 2.27. The average Bonchev–Trinajstić information content (AvgIpc) is 2.35. The van der Waals surface area contributed by atoms with Gasteiger partial charge in [0, 0.05) is 10.2 Å². The Balaban J connectivity index is 2.22. The van der Waals surface area contributed by atoms with E-state index in [1.807, 2.05) is 0 Å². The molecule has 0 aromatic heterocycles. The molecule has 0 unspecified atom stereocenters. The van der Waals surface area contributed by atoms with Gasteiger partial charge in [-0.15, -0.1) is 0 Å². The molecular formula is C13H12BrClN2O2S. The van der Waals surface area contributed by atoms with Crippen molar-refractivity contribution < 1.29 is 8.42 Å². The Kier molecular flexibility index (Phi) is 4.57. The monoisotopic (exact) mass is 374 g/mol. The summed E-state index contributed by atoms with van der Waals surface area (Å²) in [5.74, 6) is -0.202. The Morgan fingerprint density at radius 1 is 1.20 bits per heavy atom. The average molecular weight is 376 g/mol. The Hall–Kier alpha value is -1.24. The predicted octanol–water partition coefficient (Wildman–Crippen LogP) is 3.63. The summed E-state index contributed by atoms with van der Waals surface area (Å²) < 4.78 is 27.5. The first-order valence-electron chi connectivity index (χ1n) is 5.66. The number of para-hydroxylation sites is 1. The number of benzene rings is 2. The van der Waals surface area contributed by atoms with E-state index in [4.69, 9.17) is 17.3 Å². The summed E-state index contributed by atoms with van der Waals surface area (Å²) in [5, 5.41) is 0.323. The van der Waals surface area contributed by atoms with Crippen LogP contribution < -0.4 is 10.5 Å². The summed E-state index contributed by atoms with van der Waals surface area (Å²) in [4.78, 5) is 0. The van der Waals surface area contributed by atoms with Crippen molar-refractivity contribution in [2.75, 3.05) is 10.5 Å². The molecule has 0 atom stereocenters. The molecule has 0 saturated carbocycles. The molecule has 2 aromatic rings. The Labute approximate surface area is 131 Å². The topological polar surface area (TPSA) is 72.2 Å². The van der Waals surface area contributed by atoms with Crippen LogP contribution in [0.5, 0.6) is 0 Å². The van der Waals surface area contributed by atoms with Gasteiger partial charge >= 0.3 is 0 Å². The number of anilines is 2. The van der Waals surface area contributed by atoms with Crippen LogP contribution in [0.3, 0.4) is 0 Å². The van der Waals surface area contributed by atoms with E-state index in [1.54, 1.807) is 42.5 Å². The fourth-order valence-corrected chi connectivity index (χ4v) is 3.68. The molecule has 0 fully saturated rings. The van der Waals surface area contributed by atoms with Crippen molar-refractivity contribution in [1.29, 1.82) is 0 Å². The molecule has 2 aromatic carbocycles. The quantitative estimate of drug-likeness (QED) is 0.802. The number of rotatable bonds is 4. The minimum Gasteiger partial charge on any atom is -0.398 e. The lowest BCUT2D eigenvalue weighted by Gasteiger charge is -2.11. The predicted molar refractivity (Wildman–Crippen MR) is 86.3 cm³/mol. The fourth-order valence-electron chi connectivity index (χ4n) is 1.65. The first kappa shape index (κ1) is 15.2. The van der Waals surface area contributed by atoms with Crippen molar-refractivity contribution in [1.82, 2.24) is 0 Å². The third kappa shape index (κ3) is 3.88. The molecule has 0 aliphatic heterocycles. The zero-order chi connectivity index (χ0) is 14.8. The van der Waals surface area contributed by atoms with Crippen molar-refractivity contribution >= 4 is 48.9 Å².